The van der Waals surface area contributed by atoms with Gasteiger partial charge in [0.05, 0.1) is 18.2 Å². The van der Waals surface area contributed by atoms with Gasteiger partial charge < -0.3 is 24.4 Å². The maximum absolute atomic E-state index is 13.1. The molecular weight excluding hydrogens is 582 g/mol. The molecule has 1 N–H and O–H groups in total. The molecule has 0 radical (unpaired) electrons. The monoisotopic (exact) mass is 612 g/mol. The fraction of sp³-hybridized carbons (Fsp3) is 0.481. The number of carbonyl (C=O) groups excluding carboxylic acids is 1. The van der Waals surface area contributed by atoms with Crippen molar-refractivity contribution in [2.75, 3.05) is 20.1 Å². The average Bonchev–Trinajstić information content (AvgIpc) is 2.87. The number of carboxylic acids is 1. The van der Waals surface area contributed by atoms with Gasteiger partial charge in [0.2, 0.25) is 0 Å². The lowest BCUT2D eigenvalue weighted by molar-refractivity contribution is -0.192. The van der Waals surface area contributed by atoms with Crippen LogP contribution < -0.4 is 4.74 Å². The smallest absolute Gasteiger partial charge is 0.490 e. The second-order valence-corrected chi connectivity index (χ2v) is 10.0. The third-order valence-electron chi connectivity index (χ3n) is 5.98. The van der Waals surface area contributed by atoms with Crippen LogP contribution in [0.1, 0.15) is 43.4 Å². The predicted molar refractivity (Wildman–Crippen MR) is 139 cm³/mol. The number of aliphatic carboxylic acids is 1. The molecule has 1 heterocycles. The number of likely N-dealkylation sites (tertiary alicyclic amines) is 1. The molecule has 3 rings (SSSR count). The quantitative estimate of drug-likeness (QED) is 0.339. The van der Waals surface area contributed by atoms with E-state index in [1.54, 1.807) is 4.90 Å². The van der Waals surface area contributed by atoms with Crippen molar-refractivity contribution in [3.8, 4) is 5.75 Å². The number of halogens is 7. The van der Waals surface area contributed by atoms with E-state index < -0.39 is 30.0 Å². The van der Waals surface area contributed by atoms with Gasteiger partial charge in [0, 0.05) is 11.1 Å². The van der Waals surface area contributed by atoms with E-state index in [4.69, 9.17) is 31.0 Å². The van der Waals surface area contributed by atoms with Gasteiger partial charge in [-0.2, -0.15) is 26.3 Å². The van der Waals surface area contributed by atoms with Gasteiger partial charge in [-0.15, -0.1) is 0 Å². The number of benzene rings is 2. The van der Waals surface area contributed by atoms with Crippen LogP contribution in [0, 0.1) is 0 Å². The van der Waals surface area contributed by atoms with Crippen molar-refractivity contribution in [1.29, 1.82) is 0 Å². The van der Waals surface area contributed by atoms with Gasteiger partial charge in [-0.3, -0.25) is 0 Å². The Morgan fingerprint density at radius 1 is 1.05 bits per heavy atom. The topological polar surface area (TPSA) is 79.3 Å². The lowest BCUT2D eigenvalue weighted by Crippen LogP contribution is -2.46. The van der Waals surface area contributed by atoms with Crippen LogP contribution in [-0.2, 0) is 28.9 Å². The van der Waals surface area contributed by atoms with Gasteiger partial charge in [-0.1, -0.05) is 29.8 Å². The summed E-state index contributed by atoms with van der Waals surface area (Å²) in [5.74, 6) is -2.03. The third-order valence-corrected chi connectivity index (χ3v) is 6.34. The largest absolute Gasteiger partial charge is 0.491 e. The van der Waals surface area contributed by atoms with Gasteiger partial charge in [-0.05, 0) is 82.2 Å². The lowest BCUT2D eigenvalue weighted by Gasteiger charge is -2.37. The summed E-state index contributed by atoms with van der Waals surface area (Å²) in [7, 11) is 2.01. The number of rotatable bonds is 7. The Morgan fingerprint density at radius 2 is 1.61 bits per heavy atom. The normalized spacial score (nSPS) is 14.7. The molecule has 2 aromatic carbocycles. The number of nitrogens with zero attached hydrogens (tertiary/aromatic N) is 2. The molecule has 228 valence electrons. The Bertz CT molecular complexity index is 1150. The molecular formula is C27H31ClF6N2O5. The summed E-state index contributed by atoms with van der Waals surface area (Å²) in [5.41, 5.74) is 0.431. The molecule has 2 aromatic rings. The second kappa shape index (κ2) is 14.6. The van der Waals surface area contributed by atoms with E-state index in [1.165, 1.54) is 6.07 Å². The minimum Gasteiger partial charge on any atom is -0.491 e. The van der Waals surface area contributed by atoms with Gasteiger partial charge in [0.25, 0.3) is 0 Å². The fourth-order valence-corrected chi connectivity index (χ4v) is 4.09. The van der Waals surface area contributed by atoms with Gasteiger partial charge in [-0.25, -0.2) is 9.59 Å². The Morgan fingerprint density at radius 3 is 2.07 bits per heavy atom. The van der Waals surface area contributed by atoms with Gasteiger partial charge >= 0.3 is 24.4 Å². The summed E-state index contributed by atoms with van der Waals surface area (Å²) in [6, 6.07) is 10.4. The summed E-state index contributed by atoms with van der Waals surface area (Å²) in [6.45, 7) is 5.65. The number of ether oxygens (including phenoxy) is 2. The van der Waals surface area contributed by atoms with Crippen molar-refractivity contribution >= 4 is 23.7 Å². The van der Waals surface area contributed by atoms with Crippen molar-refractivity contribution in [2.45, 2.75) is 64.3 Å². The maximum atomic E-state index is 13.1. The molecule has 41 heavy (non-hydrogen) atoms. The van der Waals surface area contributed by atoms with E-state index >= 15 is 0 Å². The van der Waals surface area contributed by atoms with Gasteiger partial charge in [0.15, 0.2) is 0 Å². The van der Waals surface area contributed by atoms with E-state index in [2.05, 4.69) is 4.90 Å². The van der Waals surface area contributed by atoms with Crippen molar-refractivity contribution in [3.05, 3.63) is 64.2 Å². The summed E-state index contributed by atoms with van der Waals surface area (Å²) in [4.78, 5) is 25.7. The van der Waals surface area contributed by atoms with Crippen LogP contribution >= 0.6 is 11.6 Å². The zero-order chi connectivity index (χ0) is 31.0. The molecule has 1 fully saturated rings. The molecule has 0 unspecified atom stereocenters. The first-order chi connectivity index (χ1) is 19.0. The Labute approximate surface area is 238 Å². The van der Waals surface area contributed by atoms with Crippen LogP contribution in [0.15, 0.2) is 42.5 Å². The highest BCUT2D eigenvalue weighted by molar-refractivity contribution is 6.31. The average molecular weight is 613 g/mol. The molecule has 0 spiro atoms. The van der Waals surface area contributed by atoms with E-state index in [9.17, 15) is 31.1 Å². The standard InChI is InChI=1S/C25H30ClF3N2O3.C2HF3O2/c1-17(2)34-22-8-4-18(5-9-22)16-33-24(32)31(21-10-12-30(3)13-11-21)15-19-6-7-20(14-23(19)26)25(27,28)29;3-2(4,5)1(6)7/h4-9,14,17,21H,10-13,15-16H2,1-3H3;(H,6,7). The van der Waals surface area contributed by atoms with Crippen LogP contribution in [0.2, 0.25) is 5.02 Å². The Hall–Kier alpha value is -3.19. The van der Waals surface area contributed by atoms with Crippen LogP contribution in [0.5, 0.6) is 5.75 Å². The number of amides is 1. The minimum atomic E-state index is -5.08. The van der Waals surface area contributed by atoms with E-state index in [-0.39, 0.29) is 30.3 Å². The van der Waals surface area contributed by atoms with Crippen LogP contribution in [0.25, 0.3) is 0 Å². The van der Waals surface area contributed by atoms with Crippen molar-refractivity contribution < 1.29 is 50.5 Å². The zero-order valence-electron chi connectivity index (χ0n) is 22.6. The van der Waals surface area contributed by atoms with Crippen LogP contribution in [0.3, 0.4) is 0 Å². The first kappa shape index (κ1) is 34.0. The van der Waals surface area contributed by atoms with Crippen molar-refractivity contribution in [1.82, 2.24) is 9.80 Å². The van der Waals surface area contributed by atoms with Crippen LogP contribution in [-0.4, -0.2) is 65.4 Å². The van der Waals surface area contributed by atoms with E-state index in [1.807, 2.05) is 45.2 Å². The third kappa shape index (κ3) is 11.3. The molecule has 0 aromatic heterocycles. The summed E-state index contributed by atoms with van der Waals surface area (Å²) >= 11 is 6.17. The molecule has 0 aliphatic carbocycles. The number of alkyl halides is 6. The highest BCUT2D eigenvalue weighted by Crippen LogP contribution is 2.33. The highest BCUT2D eigenvalue weighted by Gasteiger charge is 2.38. The van der Waals surface area contributed by atoms with Crippen molar-refractivity contribution in [2.24, 2.45) is 0 Å². The van der Waals surface area contributed by atoms with Crippen LogP contribution in [0.4, 0.5) is 31.1 Å². The molecule has 0 bridgehead atoms. The summed E-state index contributed by atoms with van der Waals surface area (Å²) in [5, 5.41) is 7.10. The highest BCUT2D eigenvalue weighted by atomic mass is 35.5. The Balaban J connectivity index is 0.000000745. The van der Waals surface area contributed by atoms with E-state index in [0.717, 1.165) is 49.4 Å². The number of carboxylic acid groups (broad SMARTS) is 1. The number of piperidine rings is 1. The minimum absolute atomic E-state index is 0.0266. The van der Waals surface area contributed by atoms with E-state index in [0.29, 0.717) is 5.56 Å². The SMILES string of the molecule is CC(C)Oc1ccc(COC(=O)N(Cc2ccc(C(F)(F)F)cc2Cl)C2CCN(C)CC2)cc1.O=C(O)C(F)(F)F. The number of carbonyl (C=O) groups is 2. The molecule has 0 saturated carbocycles. The molecule has 1 saturated heterocycles. The summed E-state index contributed by atoms with van der Waals surface area (Å²) in [6.07, 6.45) is -8.54. The zero-order valence-corrected chi connectivity index (χ0v) is 23.3. The molecule has 7 nitrogen and oxygen atoms in total. The fourth-order valence-electron chi connectivity index (χ4n) is 3.85. The maximum Gasteiger partial charge on any atom is 0.490 e. The number of hydrogen-bond acceptors (Lipinski definition) is 5. The lowest BCUT2D eigenvalue weighted by atomic mass is 10.0. The van der Waals surface area contributed by atoms with Gasteiger partial charge in [0.1, 0.15) is 12.4 Å². The second-order valence-electron chi connectivity index (χ2n) is 9.63. The molecule has 14 heteroatoms. The summed E-state index contributed by atoms with van der Waals surface area (Å²) < 4.78 is 82.0. The molecule has 1 aliphatic heterocycles. The molecule has 0 atom stereocenters. The number of hydrogen-bond donors (Lipinski definition) is 1. The first-order valence-electron chi connectivity index (χ1n) is 12.5. The van der Waals surface area contributed by atoms with Crippen molar-refractivity contribution in [3.63, 3.8) is 0 Å². The Kier molecular flexibility index (Phi) is 12.1. The first-order valence-corrected chi connectivity index (χ1v) is 12.9. The molecule has 1 amide bonds. The predicted octanol–water partition coefficient (Wildman–Crippen LogP) is 7.01. The molecule has 1 aliphatic rings.